The Kier molecular flexibility index (Phi) is 3.91. The van der Waals surface area contributed by atoms with Crippen LogP contribution in [0.25, 0.3) is 11.9 Å². The Balaban J connectivity index is 1.64. The number of carbonyl (C=O) groups excluding carboxylic acids is 1. The first kappa shape index (κ1) is 13.9. The maximum atomic E-state index is 11.9. The zero-order valence-corrected chi connectivity index (χ0v) is 12.0. The minimum Gasteiger partial charge on any atom is -0.456 e. The van der Waals surface area contributed by atoms with E-state index in [2.05, 4.69) is 15.1 Å². The number of hydrogen-bond donors (Lipinski definition) is 0. The van der Waals surface area contributed by atoms with Crippen molar-refractivity contribution < 1.29 is 9.53 Å². The molecular formula is C16H14N4O2. The second-order valence-corrected chi connectivity index (χ2v) is 4.64. The highest BCUT2D eigenvalue weighted by atomic mass is 16.5. The van der Waals surface area contributed by atoms with Crippen molar-refractivity contribution in [3.63, 3.8) is 0 Å². The number of rotatable bonds is 4. The number of fused-ring (bicyclic) bond motifs is 1. The number of benzene rings is 1. The van der Waals surface area contributed by atoms with Crippen molar-refractivity contribution in [1.29, 1.82) is 0 Å². The number of esters is 1. The fourth-order valence-electron chi connectivity index (χ4n) is 1.93. The van der Waals surface area contributed by atoms with Crippen molar-refractivity contribution in [1.82, 2.24) is 19.6 Å². The second-order valence-electron chi connectivity index (χ2n) is 4.64. The van der Waals surface area contributed by atoms with Crippen LogP contribution >= 0.6 is 0 Å². The molecule has 0 amide bonds. The van der Waals surface area contributed by atoms with Crippen LogP contribution in [0.15, 0.2) is 48.7 Å². The summed E-state index contributed by atoms with van der Waals surface area (Å²) in [4.78, 5) is 20.0. The van der Waals surface area contributed by atoms with Gasteiger partial charge in [0.1, 0.15) is 6.61 Å². The number of aryl methyl sites for hydroxylation is 1. The molecule has 0 fully saturated rings. The van der Waals surface area contributed by atoms with E-state index in [-0.39, 0.29) is 12.4 Å². The van der Waals surface area contributed by atoms with Crippen LogP contribution in [0.1, 0.15) is 21.9 Å². The molecule has 22 heavy (non-hydrogen) atoms. The summed E-state index contributed by atoms with van der Waals surface area (Å²) < 4.78 is 6.64. The van der Waals surface area contributed by atoms with E-state index in [4.69, 9.17) is 4.74 Å². The largest absolute Gasteiger partial charge is 0.456 e. The molecule has 1 aromatic carbocycles. The van der Waals surface area contributed by atoms with Gasteiger partial charge in [-0.3, -0.25) is 0 Å². The highest BCUT2D eigenvalue weighted by Gasteiger charge is 2.15. The molecule has 2 heterocycles. The minimum absolute atomic E-state index is 0.00918. The number of aromatic nitrogens is 4. The van der Waals surface area contributed by atoms with Crippen LogP contribution < -0.4 is 0 Å². The lowest BCUT2D eigenvalue weighted by molar-refractivity contribution is 0.0536. The highest BCUT2D eigenvalue weighted by molar-refractivity contribution is 5.85. The van der Waals surface area contributed by atoms with Gasteiger partial charge in [-0.25, -0.2) is 14.3 Å². The summed E-state index contributed by atoms with van der Waals surface area (Å²) in [5, 5.41) is 4.09. The molecule has 6 heteroatoms. The fourth-order valence-corrected chi connectivity index (χ4v) is 1.93. The Morgan fingerprint density at radius 1 is 1.27 bits per heavy atom. The second kappa shape index (κ2) is 6.17. The SMILES string of the molecule is Cc1ccnc2nc(C(=O)OCC=Cc3ccccc3)nn12. The summed E-state index contributed by atoms with van der Waals surface area (Å²) in [6, 6.07) is 11.6. The quantitative estimate of drug-likeness (QED) is 0.691. The molecule has 3 rings (SSSR count). The van der Waals surface area contributed by atoms with Crippen molar-refractivity contribution in [2.45, 2.75) is 6.92 Å². The summed E-state index contributed by atoms with van der Waals surface area (Å²) in [5.41, 5.74) is 1.89. The molecule has 0 spiro atoms. The lowest BCUT2D eigenvalue weighted by atomic mass is 10.2. The third kappa shape index (κ3) is 3.01. The van der Waals surface area contributed by atoms with Crippen LogP contribution in [0.4, 0.5) is 0 Å². The lowest BCUT2D eigenvalue weighted by Gasteiger charge is -1.97. The predicted octanol–water partition coefficient (Wildman–Crippen LogP) is 2.30. The van der Waals surface area contributed by atoms with Gasteiger partial charge < -0.3 is 4.74 Å². The first-order valence-corrected chi connectivity index (χ1v) is 6.81. The van der Waals surface area contributed by atoms with Gasteiger partial charge in [0.15, 0.2) is 0 Å². The summed E-state index contributed by atoms with van der Waals surface area (Å²) in [6.45, 7) is 2.02. The van der Waals surface area contributed by atoms with Crippen LogP contribution in [0.5, 0.6) is 0 Å². The van der Waals surface area contributed by atoms with Crippen LogP contribution in [-0.4, -0.2) is 32.2 Å². The number of hydrogen-bond acceptors (Lipinski definition) is 5. The van der Waals surface area contributed by atoms with Gasteiger partial charge in [0, 0.05) is 11.9 Å². The molecule has 0 aliphatic rings. The average Bonchev–Trinajstić information content (AvgIpc) is 2.98. The number of nitrogens with zero attached hydrogens (tertiary/aromatic N) is 4. The zero-order chi connectivity index (χ0) is 15.4. The van der Waals surface area contributed by atoms with Crippen LogP contribution in [0.2, 0.25) is 0 Å². The summed E-state index contributed by atoms with van der Waals surface area (Å²) in [7, 11) is 0. The predicted molar refractivity (Wildman–Crippen MR) is 81.3 cm³/mol. The van der Waals surface area contributed by atoms with E-state index < -0.39 is 5.97 Å². The van der Waals surface area contributed by atoms with E-state index in [1.807, 2.05) is 43.3 Å². The van der Waals surface area contributed by atoms with Crippen LogP contribution in [0, 0.1) is 6.92 Å². The Morgan fingerprint density at radius 3 is 2.86 bits per heavy atom. The van der Waals surface area contributed by atoms with Crippen LogP contribution in [0.3, 0.4) is 0 Å². The van der Waals surface area contributed by atoms with Crippen molar-refractivity contribution in [3.8, 4) is 0 Å². The Morgan fingerprint density at radius 2 is 2.09 bits per heavy atom. The fraction of sp³-hybridized carbons (Fsp3) is 0.125. The molecule has 110 valence electrons. The summed E-state index contributed by atoms with van der Waals surface area (Å²) in [5.74, 6) is -0.177. The van der Waals surface area contributed by atoms with Crippen molar-refractivity contribution >= 4 is 17.8 Å². The van der Waals surface area contributed by atoms with E-state index in [1.54, 1.807) is 18.3 Å². The average molecular weight is 294 g/mol. The Labute approximate surface area is 127 Å². The molecule has 0 aliphatic carbocycles. The van der Waals surface area contributed by atoms with Gasteiger partial charge in [-0.1, -0.05) is 36.4 Å². The highest BCUT2D eigenvalue weighted by Crippen LogP contribution is 2.04. The molecule has 0 aliphatic heterocycles. The van der Waals surface area contributed by atoms with Gasteiger partial charge >= 0.3 is 5.97 Å². The Bertz CT molecular complexity index is 825. The first-order chi connectivity index (χ1) is 10.7. The Hall–Kier alpha value is -3.02. The van der Waals surface area contributed by atoms with Crippen molar-refractivity contribution in [2.24, 2.45) is 0 Å². The van der Waals surface area contributed by atoms with Gasteiger partial charge in [-0.15, -0.1) is 5.10 Å². The molecule has 0 saturated carbocycles. The van der Waals surface area contributed by atoms with E-state index in [9.17, 15) is 4.79 Å². The van der Waals surface area contributed by atoms with E-state index in [1.165, 1.54) is 4.52 Å². The monoisotopic (exact) mass is 294 g/mol. The van der Waals surface area contributed by atoms with Gasteiger partial charge in [-0.05, 0) is 24.6 Å². The molecule has 0 unspecified atom stereocenters. The third-order valence-electron chi connectivity index (χ3n) is 3.03. The standard InChI is InChI=1S/C16H14N4O2/c1-12-9-10-17-16-18-14(19-20(12)16)15(21)22-11-5-8-13-6-3-2-4-7-13/h2-10H,11H2,1H3. The molecule has 0 bridgehead atoms. The number of ether oxygens (including phenoxy) is 1. The van der Waals surface area contributed by atoms with E-state index in [0.29, 0.717) is 5.78 Å². The maximum Gasteiger partial charge on any atom is 0.378 e. The molecule has 6 nitrogen and oxygen atoms in total. The molecule has 0 atom stereocenters. The van der Waals surface area contributed by atoms with Gasteiger partial charge in [0.25, 0.3) is 11.6 Å². The van der Waals surface area contributed by atoms with E-state index >= 15 is 0 Å². The van der Waals surface area contributed by atoms with Crippen LogP contribution in [-0.2, 0) is 4.74 Å². The molecule has 0 saturated heterocycles. The minimum atomic E-state index is -0.567. The zero-order valence-electron chi connectivity index (χ0n) is 12.0. The topological polar surface area (TPSA) is 69.4 Å². The van der Waals surface area contributed by atoms with Gasteiger partial charge in [0.2, 0.25) is 0 Å². The third-order valence-corrected chi connectivity index (χ3v) is 3.03. The molecular weight excluding hydrogens is 280 g/mol. The smallest absolute Gasteiger partial charge is 0.378 e. The van der Waals surface area contributed by atoms with Crippen molar-refractivity contribution in [2.75, 3.05) is 6.61 Å². The number of carbonyl (C=O) groups is 1. The molecule has 0 N–H and O–H groups in total. The lowest BCUT2D eigenvalue weighted by Crippen LogP contribution is -2.07. The summed E-state index contributed by atoms with van der Waals surface area (Å²) in [6.07, 6.45) is 5.28. The van der Waals surface area contributed by atoms with Crippen molar-refractivity contribution in [3.05, 3.63) is 65.8 Å². The normalized spacial score (nSPS) is 11.1. The molecule has 2 aromatic heterocycles. The molecule has 0 radical (unpaired) electrons. The maximum absolute atomic E-state index is 11.9. The first-order valence-electron chi connectivity index (χ1n) is 6.81. The summed E-state index contributed by atoms with van der Waals surface area (Å²) >= 11 is 0. The van der Waals surface area contributed by atoms with Gasteiger partial charge in [-0.2, -0.15) is 4.98 Å². The van der Waals surface area contributed by atoms with Gasteiger partial charge in [0.05, 0.1) is 0 Å². The van der Waals surface area contributed by atoms with E-state index in [0.717, 1.165) is 11.3 Å². The molecule has 3 aromatic rings.